The first-order valence-electron chi connectivity index (χ1n) is 3.94. The Hall–Kier alpha value is -2.11. The molecule has 2 rings (SSSR count). The zero-order valence-corrected chi connectivity index (χ0v) is 7.10. The monoisotopic (exact) mass is 193 g/mol. The SMILES string of the molecule is O=C(O)Cc1cnc2c(=O)[nH]ccn12. The summed E-state index contributed by atoms with van der Waals surface area (Å²) in [6.07, 6.45) is 4.26. The van der Waals surface area contributed by atoms with Gasteiger partial charge < -0.3 is 10.1 Å². The van der Waals surface area contributed by atoms with Crippen molar-refractivity contribution in [2.75, 3.05) is 0 Å². The van der Waals surface area contributed by atoms with E-state index in [2.05, 4.69) is 9.97 Å². The van der Waals surface area contributed by atoms with Crippen molar-refractivity contribution in [1.82, 2.24) is 14.4 Å². The van der Waals surface area contributed by atoms with Crippen molar-refractivity contribution in [2.45, 2.75) is 6.42 Å². The highest BCUT2D eigenvalue weighted by atomic mass is 16.4. The predicted molar refractivity (Wildman–Crippen MR) is 47.2 cm³/mol. The van der Waals surface area contributed by atoms with E-state index in [9.17, 15) is 9.59 Å². The maximum Gasteiger partial charge on any atom is 0.309 e. The molecule has 0 fully saturated rings. The second kappa shape index (κ2) is 2.99. The molecule has 0 atom stereocenters. The van der Waals surface area contributed by atoms with Gasteiger partial charge in [-0.15, -0.1) is 0 Å². The molecule has 2 aromatic heterocycles. The van der Waals surface area contributed by atoms with Crippen LogP contribution in [0.15, 0.2) is 23.4 Å². The van der Waals surface area contributed by atoms with Crippen molar-refractivity contribution in [3.05, 3.63) is 34.6 Å². The largest absolute Gasteiger partial charge is 0.481 e. The molecule has 2 heterocycles. The molecular weight excluding hydrogens is 186 g/mol. The predicted octanol–water partition coefficient (Wildman–Crippen LogP) is -0.350. The van der Waals surface area contributed by atoms with Crippen molar-refractivity contribution < 1.29 is 9.90 Å². The molecule has 2 N–H and O–H groups in total. The van der Waals surface area contributed by atoms with Crippen molar-refractivity contribution in [1.29, 1.82) is 0 Å². The van der Waals surface area contributed by atoms with Gasteiger partial charge in [-0.1, -0.05) is 0 Å². The van der Waals surface area contributed by atoms with Gasteiger partial charge >= 0.3 is 5.97 Å². The summed E-state index contributed by atoms with van der Waals surface area (Å²) < 4.78 is 1.47. The molecule has 0 saturated heterocycles. The molecule has 0 saturated carbocycles. The van der Waals surface area contributed by atoms with Crippen molar-refractivity contribution in [2.24, 2.45) is 0 Å². The first kappa shape index (κ1) is 8.49. The minimum Gasteiger partial charge on any atom is -0.481 e. The Morgan fingerprint density at radius 2 is 2.43 bits per heavy atom. The molecule has 6 nitrogen and oxygen atoms in total. The van der Waals surface area contributed by atoms with Gasteiger partial charge in [-0.3, -0.25) is 14.0 Å². The zero-order chi connectivity index (χ0) is 10.1. The summed E-state index contributed by atoms with van der Waals surface area (Å²) in [5.74, 6) is -0.952. The van der Waals surface area contributed by atoms with E-state index in [-0.39, 0.29) is 17.6 Å². The van der Waals surface area contributed by atoms with Crippen LogP contribution in [0.5, 0.6) is 0 Å². The molecule has 0 bridgehead atoms. The average Bonchev–Trinajstić information content (AvgIpc) is 2.49. The van der Waals surface area contributed by atoms with Gasteiger partial charge in [-0.05, 0) is 0 Å². The van der Waals surface area contributed by atoms with E-state index in [1.807, 2.05) is 0 Å². The lowest BCUT2D eigenvalue weighted by molar-refractivity contribution is -0.136. The highest BCUT2D eigenvalue weighted by Gasteiger charge is 2.08. The summed E-state index contributed by atoms with van der Waals surface area (Å²) >= 11 is 0. The minimum absolute atomic E-state index is 0.148. The molecule has 2 aromatic rings. The van der Waals surface area contributed by atoms with E-state index in [4.69, 9.17) is 5.11 Å². The molecule has 0 aliphatic carbocycles. The second-order valence-electron chi connectivity index (χ2n) is 2.80. The molecule has 72 valence electrons. The van der Waals surface area contributed by atoms with E-state index in [1.165, 1.54) is 16.8 Å². The van der Waals surface area contributed by atoms with Gasteiger partial charge in [-0.2, -0.15) is 0 Å². The zero-order valence-electron chi connectivity index (χ0n) is 7.10. The van der Waals surface area contributed by atoms with Gasteiger partial charge in [0.2, 0.25) is 5.65 Å². The second-order valence-corrected chi connectivity index (χ2v) is 2.80. The number of imidazole rings is 1. The number of nitrogens with one attached hydrogen (secondary N) is 1. The first-order valence-corrected chi connectivity index (χ1v) is 3.94. The summed E-state index contributed by atoms with van der Waals surface area (Å²) in [6, 6.07) is 0. The maximum absolute atomic E-state index is 11.2. The van der Waals surface area contributed by atoms with Crippen LogP contribution in [0.4, 0.5) is 0 Å². The number of hydrogen-bond donors (Lipinski definition) is 2. The fourth-order valence-corrected chi connectivity index (χ4v) is 1.27. The van der Waals surface area contributed by atoms with Crippen LogP contribution in [0.25, 0.3) is 5.65 Å². The van der Waals surface area contributed by atoms with Gasteiger partial charge in [0.1, 0.15) is 0 Å². The lowest BCUT2D eigenvalue weighted by Crippen LogP contribution is -2.10. The Labute approximate surface area is 77.8 Å². The Bertz CT molecular complexity index is 540. The third kappa shape index (κ3) is 1.26. The number of rotatable bonds is 2. The summed E-state index contributed by atoms with van der Waals surface area (Å²) in [5.41, 5.74) is 0.367. The van der Waals surface area contributed by atoms with Crippen LogP contribution in [-0.4, -0.2) is 25.4 Å². The third-order valence-electron chi connectivity index (χ3n) is 1.85. The van der Waals surface area contributed by atoms with Gasteiger partial charge in [0.25, 0.3) is 5.56 Å². The lowest BCUT2D eigenvalue weighted by Gasteiger charge is -1.96. The molecule has 0 radical (unpaired) electrons. The Morgan fingerprint density at radius 1 is 1.64 bits per heavy atom. The number of hydrogen-bond acceptors (Lipinski definition) is 3. The van der Waals surface area contributed by atoms with Gasteiger partial charge in [0.15, 0.2) is 0 Å². The molecular formula is C8H7N3O3. The van der Waals surface area contributed by atoms with E-state index < -0.39 is 5.97 Å². The number of aliphatic carboxylic acids is 1. The number of fused-ring (bicyclic) bond motifs is 1. The number of H-pyrrole nitrogens is 1. The molecule has 0 spiro atoms. The fourth-order valence-electron chi connectivity index (χ4n) is 1.27. The van der Waals surface area contributed by atoms with Crippen LogP contribution in [0.2, 0.25) is 0 Å². The number of carboxylic acids is 1. The molecule has 0 aliphatic heterocycles. The standard InChI is InChI=1S/C8H7N3O3/c12-6(13)3-5-4-10-7-8(14)9-1-2-11(5)7/h1-2,4H,3H2,(H,9,14)(H,12,13). The topological polar surface area (TPSA) is 87.5 Å². The van der Waals surface area contributed by atoms with Gasteiger partial charge in [0, 0.05) is 18.6 Å². The highest BCUT2D eigenvalue weighted by molar-refractivity contribution is 5.69. The van der Waals surface area contributed by atoms with Crippen LogP contribution in [-0.2, 0) is 11.2 Å². The molecule has 0 unspecified atom stereocenters. The van der Waals surface area contributed by atoms with Gasteiger partial charge in [-0.25, -0.2) is 4.98 Å². The number of carbonyl (C=O) groups is 1. The summed E-state index contributed by atoms with van der Waals surface area (Å²) in [4.78, 5) is 27.9. The van der Waals surface area contributed by atoms with Gasteiger partial charge in [0.05, 0.1) is 12.1 Å². The number of aromatic nitrogens is 3. The van der Waals surface area contributed by atoms with Crippen molar-refractivity contribution in [3.63, 3.8) is 0 Å². The quantitative estimate of drug-likeness (QED) is 0.682. The molecule has 0 amide bonds. The van der Waals surface area contributed by atoms with E-state index in [1.54, 1.807) is 6.20 Å². The van der Waals surface area contributed by atoms with Crippen LogP contribution in [0.3, 0.4) is 0 Å². The molecule has 0 aliphatic rings. The fraction of sp³-hybridized carbons (Fsp3) is 0.125. The first-order chi connectivity index (χ1) is 6.68. The Balaban J connectivity index is 2.64. The normalized spacial score (nSPS) is 10.6. The van der Waals surface area contributed by atoms with Crippen LogP contribution in [0.1, 0.15) is 5.69 Å². The summed E-state index contributed by atoms with van der Waals surface area (Å²) in [7, 11) is 0. The summed E-state index contributed by atoms with van der Waals surface area (Å²) in [6.45, 7) is 0. The average molecular weight is 193 g/mol. The molecule has 6 heteroatoms. The van der Waals surface area contributed by atoms with Crippen molar-refractivity contribution in [3.8, 4) is 0 Å². The summed E-state index contributed by atoms with van der Waals surface area (Å²) in [5, 5.41) is 8.59. The van der Waals surface area contributed by atoms with E-state index in [0.29, 0.717) is 5.69 Å². The minimum atomic E-state index is -0.952. The van der Waals surface area contributed by atoms with Crippen LogP contribution in [0, 0.1) is 0 Å². The smallest absolute Gasteiger partial charge is 0.309 e. The van der Waals surface area contributed by atoms with Crippen molar-refractivity contribution >= 4 is 11.6 Å². The number of aromatic amines is 1. The highest BCUT2D eigenvalue weighted by Crippen LogP contribution is 2.02. The van der Waals surface area contributed by atoms with Crippen LogP contribution < -0.4 is 5.56 Å². The number of carboxylic acid groups (broad SMARTS) is 1. The lowest BCUT2D eigenvalue weighted by atomic mass is 10.3. The van der Waals surface area contributed by atoms with E-state index in [0.717, 1.165) is 0 Å². The Morgan fingerprint density at radius 3 is 3.14 bits per heavy atom. The molecule has 14 heavy (non-hydrogen) atoms. The molecule has 0 aromatic carbocycles. The van der Waals surface area contributed by atoms with Crippen LogP contribution >= 0.6 is 0 Å². The third-order valence-corrected chi connectivity index (χ3v) is 1.85. The van der Waals surface area contributed by atoms with E-state index >= 15 is 0 Å². The maximum atomic E-state index is 11.2. The Kier molecular flexibility index (Phi) is 1.81. The number of nitrogens with zero attached hydrogens (tertiary/aromatic N) is 2.